The molecule has 0 heterocycles. The van der Waals surface area contributed by atoms with Gasteiger partial charge in [0.1, 0.15) is 0 Å². The summed E-state index contributed by atoms with van der Waals surface area (Å²) < 4.78 is 0. The van der Waals surface area contributed by atoms with Crippen LogP contribution in [0.3, 0.4) is 0 Å². The van der Waals surface area contributed by atoms with Gasteiger partial charge in [-0.15, -0.1) is 0 Å². The molecule has 22 heavy (non-hydrogen) atoms. The predicted molar refractivity (Wildman–Crippen MR) is 94.9 cm³/mol. The molecule has 108 valence electrons. The summed E-state index contributed by atoms with van der Waals surface area (Å²) >= 11 is 0. The number of hydrogen-bond acceptors (Lipinski definition) is 0. The first-order valence-electron chi connectivity index (χ1n) is 8.07. The Balaban J connectivity index is 1.78. The average Bonchev–Trinajstić information content (AvgIpc) is 2.63. The van der Waals surface area contributed by atoms with Gasteiger partial charge in [0.05, 0.1) is 0 Å². The third-order valence-electron chi connectivity index (χ3n) is 4.87. The van der Waals surface area contributed by atoms with E-state index in [0.29, 0.717) is 0 Å². The van der Waals surface area contributed by atoms with E-state index >= 15 is 0 Å². The van der Waals surface area contributed by atoms with Crippen LogP contribution in [0, 0.1) is 0 Å². The van der Waals surface area contributed by atoms with Gasteiger partial charge in [0.15, 0.2) is 0 Å². The first-order chi connectivity index (χ1) is 10.8. The van der Waals surface area contributed by atoms with E-state index in [0.717, 1.165) is 6.42 Å². The third-order valence-corrected chi connectivity index (χ3v) is 4.87. The van der Waals surface area contributed by atoms with E-state index in [4.69, 9.17) is 0 Å². The van der Waals surface area contributed by atoms with Crippen LogP contribution in [0.2, 0.25) is 0 Å². The molecule has 0 spiro atoms. The number of fused-ring (bicyclic) bond motifs is 2. The molecule has 0 nitrogen and oxygen atoms in total. The lowest BCUT2D eigenvalue weighted by Gasteiger charge is -2.19. The second kappa shape index (κ2) is 5.46. The summed E-state index contributed by atoms with van der Waals surface area (Å²) in [5.41, 5.74) is 7.33. The van der Waals surface area contributed by atoms with Gasteiger partial charge in [-0.25, -0.2) is 0 Å². The minimum atomic E-state index is 1.02. The summed E-state index contributed by atoms with van der Waals surface area (Å²) in [6.07, 6.45) is 12.5. The van der Waals surface area contributed by atoms with E-state index < -0.39 is 0 Å². The first-order valence-corrected chi connectivity index (χ1v) is 8.07. The zero-order valence-electron chi connectivity index (χ0n) is 13.0. The minimum absolute atomic E-state index is 1.02. The molecule has 0 unspecified atom stereocenters. The quantitative estimate of drug-likeness (QED) is 0.642. The van der Waals surface area contributed by atoms with Gasteiger partial charge in [0, 0.05) is 0 Å². The summed E-state index contributed by atoms with van der Waals surface area (Å²) in [4.78, 5) is 0. The van der Waals surface area contributed by atoms with E-state index in [9.17, 15) is 0 Å². The van der Waals surface area contributed by atoms with Crippen molar-refractivity contribution in [2.45, 2.75) is 26.2 Å². The number of rotatable bonds is 2. The molecule has 0 amide bonds. The molecule has 4 rings (SSSR count). The molecule has 0 aromatic heterocycles. The smallest absolute Gasteiger partial charge is 0.00168 e. The number of hydrogen-bond donors (Lipinski definition) is 0. The molecule has 2 aliphatic carbocycles. The molecule has 2 bridgehead atoms. The van der Waals surface area contributed by atoms with Gasteiger partial charge < -0.3 is 0 Å². The van der Waals surface area contributed by atoms with Gasteiger partial charge in [-0.1, -0.05) is 66.8 Å². The standard InChI is InChI=1S/C22H20/c1-16-17-8-4-11-19(21(16)14-6-9-17)15-20-12-5-10-18-7-2-3-13-22(18)20/h2-5,7-13H,6,14-15H2,1H3. The van der Waals surface area contributed by atoms with E-state index in [1.165, 1.54) is 45.9 Å². The maximum absolute atomic E-state index is 2.37. The highest BCUT2D eigenvalue weighted by Gasteiger charge is 2.17. The second-order valence-corrected chi connectivity index (χ2v) is 6.17. The van der Waals surface area contributed by atoms with E-state index in [1.54, 1.807) is 5.57 Å². The van der Waals surface area contributed by atoms with Gasteiger partial charge in [0.2, 0.25) is 0 Å². The van der Waals surface area contributed by atoms with Crippen LogP contribution in [0.4, 0.5) is 0 Å². The SMILES string of the molecule is CC1=C2CCC=C1C=CC=C2Cc1cccc2ccccc12. The fraction of sp³-hybridized carbons (Fsp3) is 0.182. The maximum Gasteiger partial charge on any atom is -0.00168 e. The van der Waals surface area contributed by atoms with Gasteiger partial charge in [-0.05, 0) is 64.8 Å². The van der Waals surface area contributed by atoms with E-state index in [1.807, 2.05) is 0 Å². The largest absolute Gasteiger partial charge is 0.0767 e. The highest BCUT2D eigenvalue weighted by Crippen LogP contribution is 2.35. The lowest BCUT2D eigenvalue weighted by Crippen LogP contribution is -2.02. The van der Waals surface area contributed by atoms with Crippen LogP contribution in [-0.2, 0) is 6.42 Å². The Morgan fingerprint density at radius 2 is 1.86 bits per heavy atom. The van der Waals surface area contributed by atoms with Crippen LogP contribution < -0.4 is 0 Å². The number of allylic oxidation sites excluding steroid dienone is 8. The van der Waals surface area contributed by atoms with Crippen molar-refractivity contribution in [3.8, 4) is 0 Å². The lowest BCUT2D eigenvalue weighted by molar-refractivity contribution is 0.921. The first kappa shape index (κ1) is 13.3. The van der Waals surface area contributed by atoms with Crippen molar-refractivity contribution in [3.05, 3.63) is 94.6 Å². The van der Waals surface area contributed by atoms with Crippen molar-refractivity contribution in [2.75, 3.05) is 0 Å². The van der Waals surface area contributed by atoms with Crippen molar-refractivity contribution < 1.29 is 0 Å². The summed E-state index contributed by atoms with van der Waals surface area (Å²) in [6.45, 7) is 2.27. The van der Waals surface area contributed by atoms with Gasteiger partial charge in [-0.2, -0.15) is 0 Å². The van der Waals surface area contributed by atoms with E-state index in [2.05, 4.69) is 73.7 Å². The zero-order valence-corrected chi connectivity index (χ0v) is 13.0. The predicted octanol–water partition coefficient (Wildman–Crippen LogP) is 5.92. The van der Waals surface area contributed by atoms with Crippen LogP contribution in [0.1, 0.15) is 25.3 Å². The summed E-state index contributed by atoms with van der Waals surface area (Å²) in [6, 6.07) is 15.3. The van der Waals surface area contributed by atoms with Gasteiger partial charge in [-0.3, -0.25) is 0 Å². The molecule has 2 aromatic rings. The Bertz CT molecular complexity index is 851. The van der Waals surface area contributed by atoms with E-state index in [-0.39, 0.29) is 0 Å². The van der Waals surface area contributed by atoms with Crippen molar-refractivity contribution in [2.24, 2.45) is 0 Å². The molecule has 0 saturated heterocycles. The molecular formula is C22H20. The molecule has 0 radical (unpaired) electrons. The minimum Gasteiger partial charge on any atom is -0.0767 e. The Kier molecular flexibility index (Phi) is 3.31. The topological polar surface area (TPSA) is 0 Å². The highest BCUT2D eigenvalue weighted by molar-refractivity contribution is 5.86. The fourth-order valence-corrected chi connectivity index (χ4v) is 3.67. The molecule has 0 aliphatic heterocycles. The molecule has 0 atom stereocenters. The Morgan fingerprint density at radius 1 is 1.00 bits per heavy atom. The van der Waals surface area contributed by atoms with Crippen molar-refractivity contribution in [3.63, 3.8) is 0 Å². The van der Waals surface area contributed by atoms with Crippen LogP contribution >= 0.6 is 0 Å². The third kappa shape index (κ3) is 2.25. The van der Waals surface area contributed by atoms with Crippen molar-refractivity contribution in [1.29, 1.82) is 0 Å². The fourth-order valence-electron chi connectivity index (χ4n) is 3.67. The Hall–Kier alpha value is -2.34. The summed E-state index contributed by atoms with van der Waals surface area (Å²) in [7, 11) is 0. The molecule has 0 heteroatoms. The van der Waals surface area contributed by atoms with Crippen LogP contribution in [0.15, 0.2) is 89.1 Å². The molecule has 0 saturated carbocycles. The average molecular weight is 284 g/mol. The second-order valence-electron chi connectivity index (χ2n) is 6.17. The molecule has 0 N–H and O–H groups in total. The van der Waals surface area contributed by atoms with Crippen molar-refractivity contribution in [1.82, 2.24) is 0 Å². The normalized spacial score (nSPS) is 17.3. The zero-order chi connectivity index (χ0) is 14.9. The summed E-state index contributed by atoms with van der Waals surface area (Å²) in [5, 5.41) is 2.71. The molecular weight excluding hydrogens is 264 g/mol. The molecule has 2 aromatic carbocycles. The van der Waals surface area contributed by atoms with Crippen LogP contribution in [0.25, 0.3) is 10.8 Å². The number of benzene rings is 2. The summed E-state index contributed by atoms with van der Waals surface area (Å²) in [5.74, 6) is 0. The lowest BCUT2D eigenvalue weighted by atomic mass is 9.85. The van der Waals surface area contributed by atoms with Crippen LogP contribution in [0.5, 0.6) is 0 Å². The van der Waals surface area contributed by atoms with Crippen molar-refractivity contribution >= 4 is 10.8 Å². The van der Waals surface area contributed by atoms with Gasteiger partial charge in [0.25, 0.3) is 0 Å². The monoisotopic (exact) mass is 284 g/mol. The highest BCUT2D eigenvalue weighted by atomic mass is 14.2. The van der Waals surface area contributed by atoms with Crippen LogP contribution in [-0.4, -0.2) is 0 Å². The maximum atomic E-state index is 2.37. The Morgan fingerprint density at radius 3 is 2.82 bits per heavy atom. The molecule has 2 aliphatic rings. The Labute approximate surface area is 132 Å². The molecule has 0 fully saturated rings. The van der Waals surface area contributed by atoms with Gasteiger partial charge >= 0.3 is 0 Å².